The van der Waals surface area contributed by atoms with Crippen LogP contribution < -0.4 is 10.2 Å². The van der Waals surface area contributed by atoms with E-state index in [0.29, 0.717) is 18.7 Å². The number of oxazole rings is 1. The fraction of sp³-hybridized carbons (Fsp3) is 0.727. The molecular formula is C11H19N3O2. The molecule has 1 aliphatic rings. The summed E-state index contributed by atoms with van der Waals surface area (Å²) in [6, 6.07) is 1.36. The van der Waals surface area contributed by atoms with Gasteiger partial charge < -0.3 is 19.4 Å². The monoisotopic (exact) mass is 225 g/mol. The number of nitrogens with zero attached hydrogens (tertiary/aromatic N) is 2. The topological polar surface area (TPSA) is 50.5 Å². The fourth-order valence-corrected chi connectivity index (χ4v) is 1.41. The van der Waals surface area contributed by atoms with Gasteiger partial charge >= 0.3 is 0 Å². The van der Waals surface area contributed by atoms with E-state index in [9.17, 15) is 0 Å². The van der Waals surface area contributed by atoms with Crippen LogP contribution in [0.4, 0.5) is 6.01 Å². The van der Waals surface area contributed by atoms with Crippen molar-refractivity contribution in [3.8, 4) is 0 Å². The lowest BCUT2D eigenvalue weighted by molar-refractivity contribution is 0.205. The van der Waals surface area contributed by atoms with Crippen LogP contribution in [0.1, 0.15) is 18.5 Å². The van der Waals surface area contributed by atoms with E-state index < -0.39 is 0 Å². The maximum absolute atomic E-state index is 5.40. The second-order valence-corrected chi connectivity index (χ2v) is 4.19. The lowest BCUT2D eigenvalue weighted by Crippen LogP contribution is -2.22. The van der Waals surface area contributed by atoms with Crippen LogP contribution in [-0.4, -0.2) is 38.3 Å². The van der Waals surface area contributed by atoms with Crippen molar-refractivity contribution in [3.05, 3.63) is 12.0 Å². The molecule has 2 rings (SSSR count). The zero-order valence-corrected chi connectivity index (χ0v) is 9.90. The fourth-order valence-electron chi connectivity index (χ4n) is 1.41. The molecule has 0 saturated heterocycles. The van der Waals surface area contributed by atoms with Crippen LogP contribution in [0, 0.1) is 0 Å². The highest BCUT2D eigenvalue weighted by Crippen LogP contribution is 2.19. The highest BCUT2D eigenvalue weighted by molar-refractivity contribution is 5.25. The minimum Gasteiger partial charge on any atom is -0.432 e. The zero-order valence-electron chi connectivity index (χ0n) is 9.90. The Labute approximate surface area is 95.8 Å². The van der Waals surface area contributed by atoms with Gasteiger partial charge in [-0.05, 0) is 12.8 Å². The lowest BCUT2D eigenvalue weighted by atomic mass is 10.4. The lowest BCUT2D eigenvalue weighted by Gasteiger charge is -2.12. The van der Waals surface area contributed by atoms with Crippen molar-refractivity contribution >= 4 is 6.01 Å². The minimum absolute atomic E-state index is 0.657. The first-order valence-electron chi connectivity index (χ1n) is 5.67. The Bertz CT molecular complexity index is 323. The number of methoxy groups -OCH3 is 1. The van der Waals surface area contributed by atoms with E-state index in [1.165, 1.54) is 12.8 Å². The molecule has 0 unspecified atom stereocenters. The van der Waals surface area contributed by atoms with Crippen molar-refractivity contribution in [2.75, 3.05) is 32.2 Å². The molecule has 0 atom stereocenters. The molecule has 1 aromatic rings. The van der Waals surface area contributed by atoms with Crippen LogP contribution in [0.3, 0.4) is 0 Å². The summed E-state index contributed by atoms with van der Waals surface area (Å²) in [5.41, 5.74) is 0.964. The van der Waals surface area contributed by atoms with Crippen molar-refractivity contribution in [3.63, 3.8) is 0 Å². The summed E-state index contributed by atoms with van der Waals surface area (Å²) in [5, 5.41) is 3.40. The van der Waals surface area contributed by atoms with Gasteiger partial charge in [-0.15, -0.1) is 0 Å². The van der Waals surface area contributed by atoms with Gasteiger partial charge in [0.05, 0.1) is 12.3 Å². The molecule has 5 heteroatoms. The van der Waals surface area contributed by atoms with Gasteiger partial charge in [0.25, 0.3) is 6.01 Å². The van der Waals surface area contributed by atoms with E-state index in [-0.39, 0.29) is 0 Å². The van der Waals surface area contributed by atoms with Crippen LogP contribution in [-0.2, 0) is 11.3 Å². The molecule has 90 valence electrons. The average molecular weight is 225 g/mol. The summed E-state index contributed by atoms with van der Waals surface area (Å²) in [7, 11) is 3.64. The summed E-state index contributed by atoms with van der Waals surface area (Å²) < 4.78 is 10.4. The standard InChI is InChI=1S/C11H19N3O2/c1-14(5-6-15-2)11-13-10(8-16-11)7-12-9-3-4-9/h8-9,12H,3-7H2,1-2H3. The molecule has 0 spiro atoms. The Morgan fingerprint density at radius 2 is 2.44 bits per heavy atom. The van der Waals surface area contributed by atoms with Crippen LogP contribution in [0.25, 0.3) is 0 Å². The van der Waals surface area contributed by atoms with Crippen LogP contribution in [0.15, 0.2) is 10.7 Å². The molecule has 0 amide bonds. The number of hydrogen-bond donors (Lipinski definition) is 1. The first-order valence-corrected chi connectivity index (χ1v) is 5.67. The summed E-state index contributed by atoms with van der Waals surface area (Å²) in [5.74, 6) is 0. The summed E-state index contributed by atoms with van der Waals surface area (Å²) in [6.07, 6.45) is 4.30. The van der Waals surface area contributed by atoms with Gasteiger partial charge in [0.15, 0.2) is 0 Å². The van der Waals surface area contributed by atoms with E-state index in [2.05, 4.69) is 10.3 Å². The third-order valence-electron chi connectivity index (χ3n) is 2.65. The van der Waals surface area contributed by atoms with Gasteiger partial charge in [-0.2, -0.15) is 4.98 Å². The van der Waals surface area contributed by atoms with Crippen molar-refractivity contribution in [2.24, 2.45) is 0 Å². The van der Waals surface area contributed by atoms with Crippen LogP contribution >= 0.6 is 0 Å². The molecule has 0 aliphatic heterocycles. The molecule has 1 N–H and O–H groups in total. The van der Waals surface area contributed by atoms with Crippen LogP contribution in [0.2, 0.25) is 0 Å². The Balaban J connectivity index is 1.80. The van der Waals surface area contributed by atoms with E-state index in [0.717, 1.165) is 18.8 Å². The van der Waals surface area contributed by atoms with Crippen LogP contribution in [0.5, 0.6) is 0 Å². The number of anilines is 1. The SMILES string of the molecule is COCCN(C)c1nc(CNC2CC2)co1. The molecule has 0 aromatic carbocycles. The molecule has 0 bridgehead atoms. The molecule has 1 fully saturated rings. The molecule has 5 nitrogen and oxygen atoms in total. The van der Waals surface area contributed by atoms with Gasteiger partial charge in [0.1, 0.15) is 6.26 Å². The van der Waals surface area contributed by atoms with Crippen molar-refractivity contribution in [1.29, 1.82) is 0 Å². The maximum atomic E-state index is 5.40. The van der Waals surface area contributed by atoms with Crippen molar-refractivity contribution in [2.45, 2.75) is 25.4 Å². The Hall–Kier alpha value is -1.07. The molecule has 1 heterocycles. The third kappa shape index (κ3) is 3.21. The molecule has 1 aliphatic carbocycles. The molecule has 1 saturated carbocycles. The third-order valence-corrected chi connectivity index (χ3v) is 2.65. The van der Waals surface area contributed by atoms with Crippen molar-refractivity contribution < 1.29 is 9.15 Å². The van der Waals surface area contributed by atoms with E-state index in [1.54, 1.807) is 13.4 Å². The smallest absolute Gasteiger partial charge is 0.297 e. The summed E-state index contributed by atoms with van der Waals surface area (Å²) in [4.78, 5) is 6.35. The predicted octanol–water partition coefficient (Wildman–Crippen LogP) is 1.01. The number of ether oxygens (including phenoxy) is 1. The number of likely N-dealkylation sites (N-methyl/N-ethyl adjacent to an activating group) is 1. The molecule has 16 heavy (non-hydrogen) atoms. The second-order valence-electron chi connectivity index (χ2n) is 4.19. The highest BCUT2D eigenvalue weighted by atomic mass is 16.5. The Morgan fingerprint density at radius 1 is 1.62 bits per heavy atom. The van der Waals surface area contributed by atoms with Gasteiger partial charge in [-0.3, -0.25) is 0 Å². The zero-order chi connectivity index (χ0) is 11.4. The summed E-state index contributed by atoms with van der Waals surface area (Å²) in [6.45, 7) is 2.26. The van der Waals surface area contributed by atoms with E-state index >= 15 is 0 Å². The number of hydrogen-bond acceptors (Lipinski definition) is 5. The molecule has 1 aromatic heterocycles. The van der Waals surface area contributed by atoms with Gasteiger partial charge in [0.2, 0.25) is 0 Å². The maximum Gasteiger partial charge on any atom is 0.297 e. The van der Waals surface area contributed by atoms with E-state index in [4.69, 9.17) is 9.15 Å². The van der Waals surface area contributed by atoms with Gasteiger partial charge in [-0.25, -0.2) is 0 Å². The van der Waals surface area contributed by atoms with E-state index in [1.807, 2.05) is 11.9 Å². The van der Waals surface area contributed by atoms with Gasteiger partial charge in [-0.1, -0.05) is 0 Å². The number of nitrogens with one attached hydrogen (secondary N) is 1. The molecule has 0 radical (unpaired) electrons. The first kappa shape index (κ1) is 11.4. The second kappa shape index (κ2) is 5.32. The minimum atomic E-state index is 0.657. The number of rotatable bonds is 7. The average Bonchev–Trinajstić information content (AvgIpc) is 3.00. The predicted molar refractivity (Wildman–Crippen MR) is 61.5 cm³/mol. The largest absolute Gasteiger partial charge is 0.432 e. The quantitative estimate of drug-likeness (QED) is 0.750. The molecular weight excluding hydrogens is 206 g/mol. The Kier molecular flexibility index (Phi) is 3.79. The first-order chi connectivity index (χ1) is 7.79. The summed E-state index contributed by atoms with van der Waals surface area (Å²) >= 11 is 0. The van der Waals surface area contributed by atoms with Crippen molar-refractivity contribution in [1.82, 2.24) is 10.3 Å². The van der Waals surface area contributed by atoms with Gasteiger partial charge in [0, 0.05) is 33.3 Å². The highest BCUT2D eigenvalue weighted by Gasteiger charge is 2.20. The normalized spacial score (nSPS) is 15.4. The Morgan fingerprint density at radius 3 is 3.12 bits per heavy atom. The number of aromatic nitrogens is 1.